The van der Waals surface area contributed by atoms with E-state index in [9.17, 15) is 14.7 Å². The van der Waals surface area contributed by atoms with Gasteiger partial charge in [-0.2, -0.15) is 0 Å². The lowest BCUT2D eigenvalue weighted by molar-refractivity contribution is -0.140. The lowest BCUT2D eigenvalue weighted by atomic mass is 9.99. The van der Waals surface area contributed by atoms with Gasteiger partial charge in [0.05, 0.1) is 36.4 Å². The maximum atomic E-state index is 13.0. The molecule has 3 rings (SSSR count). The molecule has 1 aromatic carbocycles. The van der Waals surface area contributed by atoms with Crippen LogP contribution in [0.4, 0.5) is 0 Å². The molecular formula is C21H22Cl2N2O5S. The van der Waals surface area contributed by atoms with Crippen LogP contribution in [-0.2, 0) is 9.59 Å². The summed E-state index contributed by atoms with van der Waals surface area (Å²) in [6.07, 6.45) is 0. The number of carbonyl (C=O) groups is 2. The van der Waals surface area contributed by atoms with Crippen molar-refractivity contribution in [3.63, 3.8) is 0 Å². The minimum atomic E-state index is -0.778. The number of halogens is 2. The average Bonchev–Trinajstić information content (AvgIpc) is 3.33. The van der Waals surface area contributed by atoms with Crippen LogP contribution in [0.25, 0.3) is 5.76 Å². The van der Waals surface area contributed by atoms with Crippen molar-refractivity contribution in [2.45, 2.75) is 6.04 Å². The molecular weight excluding hydrogens is 463 g/mol. The highest BCUT2D eigenvalue weighted by molar-refractivity contribution is 7.10. The lowest BCUT2D eigenvalue weighted by Gasteiger charge is -2.25. The van der Waals surface area contributed by atoms with Gasteiger partial charge in [-0.05, 0) is 31.6 Å². The molecule has 0 aliphatic carbocycles. The molecule has 0 saturated carbocycles. The van der Waals surface area contributed by atoms with E-state index in [1.54, 1.807) is 0 Å². The second-order valence-electron chi connectivity index (χ2n) is 7.10. The van der Waals surface area contributed by atoms with E-state index in [-0.39, 0.29) is 32.7 Å². The Morgan fingerprint density at radius 2 is 1.90 bits per heavy atom. The van der Waals surface area contributed by atoms with Crippen molar-refractivity contribution in [1.82, 2.24) is 9.80 Å². The number of hydrogen-bond acceptors (Lipinski definition) is 7. The summed E-state index contributed by atoms with van der Waals surface area (Å²) in [4.78, 5) is 30.0. The van der Waals surface area contributed by atoms with Crippen LogP contribution in [0.2, 0.25) is 10.0 Å². The molecule has 31 heavy (non-hydrogen) atoms. The van der Waals surface area contributed by atoms with E-state index in [4.69, 9.17) is 32.7 Å². The zero-order valence-electron chi connectivity index (χ0n) is 17.4. The molecule has 0 bridgehead atoms. The molecule has 1 fully saturated rings. The van der Waals surface area contributed by atoms with Crippen molar-refractivity contribution in [1.29, 1.82) is 0 Å². The third kappa shape index (κ3) is 4.25. The van der Waals surface area contributed by atoms with Crippen LogP contribution in [-0.4, -0.2) is 68.0 Å². The van der Waals surface area contributed by atoms with Gasteiger partial charge < -0.3 is 24.4 Å². The normalized spacial score (nSPS) is 18.2. The average molecular weight is 485 g/mol. The van der Waals surface area contributed by atoms with Crippen molar-refractivity contribution in [3.8, 4) is 11.5 Å². The van der Waals surface area contributed by atoms with Gasteiger partial charge in [0, 0.05) is 18.0 Å². The minimum Gasteiger partial charge on any atom is -0.507 e. The molecule has 1 N–H and O–H groups in total. The van der Waals surface area contributed by atoms with Crippen LogP contribution in [0.3, 0.4) is 0 Å². The van der Waals surface area contributed by atoms with Crippen molar-refractivity contribution < 1.29 is 24.2 Å². The topological polar surface area (TPSA) is 79.3 Å². The summed E-state index contributed by atoms with van der Waals surface area (Å²) in [5.74, 6) is -1.60. The SMILES string of the molecule is COc1c(Cl)cc(/C(O)=C2/C(=O)C(=O)N(CCN(C)C)C2c2cccs2)c(OC)c1Cl. The molecule has 0 radical (unpaired) electrons. The number of benzene rings is 1. The first-order valence-electron chi connectivity index (χ1n) is 9.29. The van der Waals surface area contributed by atoms with E-state index in [0.29, 0.717) is 13.1 Å². The summed E-state index contributed by atoms with van der Waals surface area (Å²) in [5.41, 5.74) is 0.0623. The summed E-state index contributed by atoms with van der Waals surface area (Å²) in [7, 11) is 6.53. The maximum absolute atomic E-state index is 13.0. The van der Waals surface area contributed by atoms with E-state index < -0.39 is 23.5 Å². The summed E-state index contributed by atoms with van der Waals surface area (Å²) in [6, 6.07) is 4.32. The van der Waals surface area contributed by atoms with Crippen molar-refractivity contribution in [2.75, 3.05) is 41.4 Å². The molecule has 2 heterocycles. The predicted molar refractivity (Wildman–Crippen MR) is 121 cm³/mol. The number of rotatable bonds is 7. The van der Waals surface area contributed by atoms with Gasteiger partial charge in [0.25, 0.3) is 11.7 Å². The molecule has 166 valence electrons. The number of likely N-dealkylation sites (N-methyl/N-ethyl adjacent to an activating group) is 1. The summed E-state index contributed by atoms with van der Waals surface area (Å²) in [5, 5.41) is 13.3. The fourth-order valence-corrected chi connectivity index (χ4v) is 4.99. The minimum absolute atomic E-state index is 0.0400. The Balaban J connectivity index is 2.23. The largest absolute Gasteiger partial charge is 0.507 e. The van der Waals surface area contributed by atoms with E-state index >= 15 is 0 Å². The maximum Gasteiger partial charge on any atom is 0.295 e. The first kappa shape index (κ1) is 23.4. The molecule has 1 unspecified atom stereocenters. The van der Waals surface area contributed by atoms with Gasteiger partial charge in [0.1, 0.15) is 10.8 Å². The monoisotopic (exact) mass is 484 g/mol. The molecule has 1 aromatic heterocycles. The molecule has 1 aliphatic heterocycles. The number of Topliss-reactive ketones (excluding diaryl/α,β-unsaturated/α-hetero) is 1. The van der Waals surface area contributed by atoms with Gasteiger partial charge in [-0.25, -0.2) is 0 Å². The van der Waals surface area contributed by atoms with Crippen molar-refractivity contribution in [3.05, 3.63) is 49.6 Å². The molecule has 1 aliphatic rings. The summed E-state index contributed by atoms with van der Waals surface area (Å²) in [6.45, 7) is 0.872. The van der Waals surface area contributed by atoms with Gasteiger partial charge in [-0.1, -0.05) is 29.3 Å². The van der Waals surface area contributed by atoms with Crippen LogP contribution in [0, 0.1) is 0 Å². The van der Waals surface area contributed by atoms with E-state index in [2.05, 4.69) is 0 Å². The summed E-state index contributed by atoms with van der Waals surface area (Å²) < 4.78 is 10.6. The van der Waals surface area contributed by atoms with Gasteiger partial charge in [0.2, 0.25) is 0 Å². The van der Waals surface area contributed by atoms with Gasteiger partial charge in [-0.15, -0.1) is 11.3 Å². The first-order valence-corrected chi connectivity index (χ1v) is 10.9. The number of amides is 1. The van der Waals surface area contributed by atoms with Crippen LogP contribution in [0.15, 0.2) is 29.2 Å². The Bertz CT molecular complexity index is 1040. The zero-order valence-corrected chi connectivity index (χ0v) is 19.8. The van der Waals surface area contributed by atoms with E-state index in [1.807, 2.05) is 36.5 Å². The fourth-order valence-electron chi connectivity index (χ4n) is 3.45. The Kier molecular flexibility index (Phi) is 7.16. The van der Waals surface area contributed by atoms with Crippen LogP contribution in [0.1, 0.15) is 16.5 Å². The quantitative estimate of drug-likeness (QED) is 0.362. The highest BCUT2D eigenvalue weighted by atomic mass is 35.5. The molecule has 2 aromatic rings. The number of ketones is 1. The standard InChI is InChI=1S/C21H22Cl2N2O5S/c1-24(2)7-8-25-16(13-6-5-9-31-13)14(18(27)21(25)28)17(26)11-10-12(22)20(30-4)15(23)19(11)29-3/h5-6,9-10,16,26H,7-8H2,1-4H3/b17-14-. The molecule has 0 spiro atoms. The van der Waals surface area contributed by atoms with E-state index in [0.717, 1.165) is 4.88 Å². The number of ether oxygens (including phenoxy) is 2. The van der Waals surface area contributed by atoms with E-state index in [1.165, 1.54) is 36.5 Å². The van der Waals surface area contributed by atoms with Crippen LogP contribution in [0.5, 0.6) is 11.5 Å². The zero-order chi connectivity index (χ0) is 22.9. The number of nitrogens with zero attached hydrogens (tertiary/aromatic N) is 2. The molecule has 1 amide bonds. The second kappa shape index (κ2) is 9.48. The Labute approximate surface area is 194 Å². The predicted octanol–water partition coefficient (Wildman–Crippen LogP) is 4.06. The third-order valence-corrected chi connectivity index (χ3v) is 6.48. The molecule has 7 nitrogen and oxygen atoms in total. The highest BCUT2D eigenvalue weighted by Gasteiger charge is 2.46. The molecule has 1 saturated heterocycles. The number of likely N-dealkylation sites (tertiary alicyclic amines) is 1. The first-order chi connectivity index (χ1) is 14.7. The van der Waals surface area contributed by atoms with Gasteiger partial charge in [-0.3, -0.25) is 9.59 Å². The van der Waals surface area contributed by atoms with Crippen LogP contribution >= 0.6 is 34.5 Å². The molecule has 1 atom stereocenters. The second-order valence-corrected chi connectivity index (χ2v) is 8.86. The fraction of sp³-hybridized carbons (Fsp3) is 0.333. The smallest absolute Gasteiger partial charge is 0.295 e. The van der Waals surface area contributed by atoms with Crippen molar-refractivity contribution in [2.24, 2.45) is 0 Å². The number of aliphatic hydroxyl groups excluding tert-OH is 1. The van der Waals surface area contributed by atoms with Crippen molar-refractivity contribution >= 4 is 52.0 Å². The number of thiophene rings is 1. The lowest BCUT2D eigenvalue weighted by Crippen LogP contribution is -2.35. The number of methoxy groups -OCH3 is 2. The Morgan fingerprint density at radius 3 is 2.45 bits per heavy atom. The third-order valence-electron chi connectivity index (χ3n) is 4.94. The Hall–Kier alpha value is -2.26. The molecule has 10 heteroatoms. The van der Waals surface area contributed by atoms with Gasteiger partial charge >= 0.3 is 0 Å². The Morgan fingerprint density at radius 1 is 1.23 bits per heavy atom. The number of aliphatic hydroxyl groups is 1. The summed E-state index contributed by atoms with van der Waals surface area (Å²) >= 11 is 14.0. The van der Waals surface area contributed by atoms with Crippen LogP contribution < -0.4 is 9.47 Å². The highest BCUT2D eigenvalue weighted by Crippen LogP contribution is 2.47. The number of hydrogen-bond donors (Lipinski definition) is 1. The number of carbonyl (C=O) groups excluding carboxylic acids is 2. The van der Waals surface area contributed by atoms with Gasteiger partial charge in [0.15, 0.2) is 11.5 Å².